The molecule has 4 rings (SSSR count). The van der Waals surface area contributed by atoms with Crippen molar-refractivity contribution in [2.24, 2.45) is 17.3 Å². The maximum Gasteiger partial charge on any atom is 0.187 e. The summed E-state index contributed by atoms with van der Waals surface area (Å²) >= 11 is 0. The molecule has 3 heteroatoms. The third kappa shape index (κ3) is 2.18. The third-order valence-electron chi connectivity index (χ3n) is 7.68. The highest BCUT2D eigenvalue weighted by Crippen LogP contribution is 2.64. The molecule has 0 aromatic heterocycles. The maximum atomic E-state index is 12.4. The van der Waals surface area contributed by atoms with Gasteiger partial charge in [0.25, 0.3) is 0 Å². The third-order valence-corrected chi connectivity index (χ3v) is 7.68. The number of carbonyl (C=O) groups excluding carboxylic acids is 1. The Labute approximate surface area is 150 Å². The quantitative estimate of drug-likeness (QED) is 0.845. The van der Waals surface area contributed by atoms with Crippen LogP contribution in [0, 0.1) is 17.3 Å². The van der Waals surface area contributed by atoms with Crippen LogP contribution in [0.3, 0.4) is 0 Å². The van der Waals surface area contributed by atoms with E-state index < -0.39 is 5.60 Å². The Morgan fingerprint density at radius 1 is 1.32 bits per heavy atom. The minimum absolute atomic E-state index is 0.183. The van der Waals surface area contributed by atoms with Crippen molar-refractivity contribution in [3.8, 4) is 5.75 Å². The molecule has 3 aliphatic carbocycles. The monoisotopic (exact) mass is 340 g/mol. The molecular weight excluding hydrogens is 312 g/mol. The summed E-state index contributed by atoms with van der Waals surface area (Å²) in [5.41, 5.74) is 1.35. The SMILES string of the molecule is C=CC(=O)[C@]1(O)CC[C@H]2[C@@H]3CCc4cc(OC)ccc4[C@H]3CC[C@@]21C. The Bertz CT molecular complexity index is 724. The molecule has 0 bridgehead atoms. The van der Waals surface area contributed by atoms with Gasteiger partial charge in [-0.05, 0) is 85.6 Å². The summed E-state index contributed by atoms with van der Waals surface area (Å²) in [6.45, 7) is 5.77. The van der Waals surface area contributed by atoms with E-state index in [0.717, 1.165) is 37.9 Å². The molecule has 0 heterocycles. The molecule has 2 fully saturated rings. The Morgan fingerprint density at radius 3 is 2.84 bits per heavy atom. The van der Waals surface area contributed by atoms with Gasteiger partial charge >= 0.3 is 0 Å². The molecule has 0 spiro atoms. The molecule has 2 saturated carbocycles. The van der Waals surface area contributed by atoms with Gasteiger partial charge in [-0.15, -0.1) is 0 Å². The number of hydrogen-bond acceptors (Lipinski definition) is 3. The number of rotatable bonds is 3. The number of methoxy groups -OCH3 is 1. The predicted octanol–water partition coefficient (Wildman–Crippen LogP) is 4.04. The summed E-state index contributed by atoms with van der Waals surface area (Å²) in [6, 6.07) is 6.50. The lowest BCUT2D eigenvalue weighted by atomic mass is 9.53. The molecule has 0 amide bonds. The van der Waals surface area contributed by atoms with Crippen LogP contribution in [0.1, 0.15) is 56.1 Å². The molecule has 3 nitrogen and oxygen atoms in total. The smallest absolute Gasteiger partial charge is 0.187 e. The van der Waals surface area contributed by atoms with Crippen molar-refractivity contribution in [2.75, 3.05) is 7.11 Å². The van der Waals surface area contributed by atoms with Gasteiger partial charge in [-0.2, -0.15) is 0 Å². The van der Waals surface area contributed by atoms with E-state index in [-0.39, 0.29) is 11.2 Å². The van der Waals surface area contributed by atoms with Crippen molar-refractivity contribution in [3.05, 3.63) is 42.0 Å². The first-order valence-electron chi connectivity index (χ1n) is 9.50. The lowest BCUT2D eigenvalue weighted by molar-refractivity contribution is -0.151. The van der Waals surface area contributed by atoms with E-state index in [4.69, 9.17) is 4.74 Å². The summed E-state index contributed by atoms with van der Waals surface area (Å²) in [4.78, 5) is 12.4. The van der Waals surface area contributed by atoms with Crippen LogP contribution in [-0.2, 0) is 11.2 Å². The van der Waals surface area contributed by atoms with Crippen molar-refractivity contribution in [1.29, 1.82) is 0 Å². The van der Waals surface area contributed by atoms with Gasteiger partial charge < -0.3 is 9.84 Å². The number of fused-ring (bicyclic) bond motifs is 5. The second kappa shape index (κ2) is 5.70. The summed E-state index contributed by atoms with van der Waals surface area (Å²) in [7, 11) is 1.72. The highest BCUT2D eigenvalue weighted by molar-refractivity contribution is 5.97. The van der Waals surface area contributed by atoms with Crippen molar-refractivity contribution >= 4 is 5.78 Å². The van der Waals surface area contributed by atoms with Gasteiger partial charge in [0, 0.05) is 5.41 Å². The second-order valence-corrected chi connectivity index (χ2v) is 8.40. The first kappa shape index (κ1) is 16.8. The Morgan fingerprint density at radius 2 is 2.12 bits per heavy atom. The van der Waals surface area contributed by atoms with E-state index in [0.29, 0.717) is 24.2 Å². The standard InChI is InChI=1S/C22H28O3/c1-4-20(23)22(24)12-10-19-18-7-5-14-13-15(25-3)6-8-16(14)17(18)9-11-21(19,22)2/h4,6,8,13,17-19,24H,1,5,7,9-12H2,2-3H3/t17-,18-,19+,21+,22-/m1/s1. The van der Waals surface area contributed by atoms with E-state index in [1.165, 1.54) is 17.2 Å². The van der Waals surface area contributed by atoms with Crippen molar-refractivity contribution in [1.82, 2.24) is 0 Å². The molecule has 5 atom stereocenters. The van der Waals surface area contributed by atoms with Crippen LogP contribution in [0.25, 0.3) is 0 Å². The predicted molar refractivity (Wildman–Crippen MR) is 97.8 cm³/mol. The van der Waals surface area contributed by atoms with E-state index in [2.05, 4.69) is 31.7 Å². The fourth-order valence-corrected chi connectivity index (χ4v) is 6.28. The zero-order valence-corrected chi connectivity index (χ0v) is 15.3. The van der Waals surface area contributed by atoms with Crippen LogP contribution < -0.4 is 4.74 Å². The van der Waals surface area contributed by atoms with Gasteiger partial charge in [-0.25, -0.2) is 0 Å². The highest BCUT2D eigenvalue weighted by atomic mass is 16.5. The molecule has 1 N–H and O–H groups in total. The average molecular weight is 340 g/mol. The van der Waals surface area contributed by atoms with Gasteiger partial charge in [0.2, 0.25) is 0 Å². The second-order valence-electron chi connectivity index (χ2n) is 8.40. The maximum absolute atomic E-state index is 12.4. The molecular formula is C22H28O3. The summed E-state index contributed by atoms with van der Waals surface area (Å²) in [6.07, 6.45) is 7.00. The fraction of sp³-hybridized carbons (Fsp3) is 0.591. The van der Waals surface area contributed by atoms with E-state index >= 15 is 0 Å². The summed E-state index contributed by atoms with van der Waals surface area (Å²) in [5, 5.41) is 11.2. The van der Waals surface area contributed by atoms with E-state index in [1.807, 2.05) is 0 Å². The van der Waals surface area contributed by atoms with E-state index in [9.17, 15) is 9.90 Å². The number of hydrogen-bond donors (Lipinski definition) is 1. The fourth-order valence-electron chi connectivity index (χ4n) is 6.28. The molecule has 1 aromatic rings. The van der Waals surface area contributed by atoms with Gasteiger partial charge in [0.15, 0.2) is 5.78 Å². The molecule has 134 valence electrons. The molecule has 3 aliphatic rings. The van der Waals surface area contributed by atoms with Crippen LogP contribution in [0.2, 0.25) is 0 Å². The highest BCUT2D eigenvalue weighted by Gasteiger charge is 2.63. The number of ketones is 1. The van der Waals surface area contributed by atoms with Crippen LogP contribution in [-0.4, -0.2) is 23.6 Å². The molecule has 0 saturated heterocycles. The van der Waals surface area contributed by atoms with E-state index in [1.54, 1.807) is 7.11 Å². The van der Waals surface area contributed by atoms with Crippen LogP contribution in [0.5, 0.6) is 5.75 Å². The summed E-state index contributed by atoms with van der Waals surface area (Å²) < 4.78 is 5.39. The average Bonchev–Trinajstić information content (AvgIpc) is 2.92. The van der Waals surface area contributed by atoms with Crippen molar-refractivity contribution in [2.45, 2.75) is 57.0 Å². The molecule has 0 aliphatic heterocycles. The van der Waals surface area contributed by atoms with Gasteiger partial charge in [-0.1, -0.05) is 19.6 Å². The summed E-state index contributed by atoms with van der Waals surface area (Å²) in [5.74, 6) is 2.28. The lowest BCUT2D eigenvalue weighted by Gasteiger charge is -2.52. The normalized spacial score (nSPS) is 39.1. The minimum atomic E-state index is -1.22. The number of aliphatic hydroxyl groups is 1. The van der Waals surface area contributed by atoms with Crippen LogP contribution in [0.15, 0.2) is 30.9 Å². The molecule has 0 radical (unpaired) electrons. The number of ether oxygens (including phenoxy) is 1. The molecule has 1 aromatic carbocycles. The first-order valence-corrected chi connectivity index (χ1v) is 9.50. The largest absolute Gasteiger partial charge is 0.497 e. The Hall–Kier alpha value is -1.61. The van der Waals surface area contributed by atoms with Crippen LogP contribution >= 0.6 is 0 Å². The number of carbonyl (C=O) groups is 1. The van der Waals surface area contributed by atoms with Crippen molar-refractivity contribution in [3.63, 3.8) is 0 Å². The van der Waals surface area contributed by atoms with Gasteiger partial charge in [0.05, 0.1) is 7.11 Å². The lowest BCUT2D eigenvalue weighted by Crippen LogP contribution is -2.54. The zero-order chi connectivity index (χ0) is 17.8. The Balaban J connectivity index is 1.68. The molecule has 0 unspecified atom stereocenters. The number of benzene rings is 1. The Kier molecular flexibility index (Phi) is 3.84. The molecule has 25 heavy (non-hydrogen) atoms. The van der Waals surface area contributed by atoms with Crippen LogP contribution in [0.4, 0.5) is 0 Å². The number of aryl methyl sites for hydroxylation is 1. The van der Waals surface area contributed by atoms with Gasteiger partial charge in [-0.3, -0.25) is 4.79 Å². The van der Waals surface area contributed by atoms with Gasteiger partial charge in [0.1, 0.15) is 11.4 Å². The first-order chi connectivity index (χ1) is 11.9. The minimum Gasteiger partial charge on any atom is -0.497 e. The zero-order valence-electron chi connectivity index (χ0n) is 15.3. The van der Waals surface area contributed by atoms with Crippen molar-refractivity contribution < 1.29 is 14.6 Å². The topological polar surface area (TPSA) is 46.5 Å².